The van der Waals surface area contributed by atoms with Gasteiger partial charge < -0.3 is 10.6 Å². The van der Waals surface area contributed by atoms with Crippen LogP contribution in [0.25, 0.3) is 0 Å². The van der Waals surface area contributed by atoms with Gasteiger partial charge in [0.1, 0.15) is 0 Å². The van der Waals surface area contributed by atoms with Gasteiger partial charge in [-0.2, -0.15) is 0 Å². The SMILES string of the molecule is NC1C=CC(CN2CCN(Cc3ccccc3)CC2)C1. The highest BCUT2D eigenvalue weighted by Crippen LogP contribution is 2.18. The first-order chi connectivity index (χ1) is 9.79. The van der Waals surface area contributed by atoms with Gasteiger partial charge in [-0.15, -0.1) is 0 Å². The minimum Gasteiger partial charge on any atom is -0.324 e. The van der Waals surface area contributed by atoms with Crippen molar-refractivity contribution in [2.75, 3.05) is 32.7 Å². The Balaban J connectivity index is 1.42. The third-order valence-electron chi connectivity index (χ3n) is 4.41. The molecule has 108 valence electrons. The maximum Gasteiger partial charge on any atom is 0.0234 e. The van der Waals surface area contributed by atoms with Gasteiger partial charge >= 0.3 is 0 Å². The van der Waals surface area contributed by atoms with Crippen LogP contribution in [0.2, 0.25) is 0 Å². The topological polar surface area (TPSA) is 32.5 Å². The van der Waals surface area contributed by atoms with E-state index >= 15 is 0 Å². The van der Waals surface area contributed by atoms with E-state index in [-0.39, 0.29) is 0 Å². The maximum absolute atomic E-state index is 5.92. The quantitative estimate of drug-likeness (QED) is 0.846. The minimum absolute atomic E-state index is 0.291. The molecule has 20 heavy (non-hydrogen) atoms. The molecule has 0 radical (unpaired) electrons. The highest BCUT2D eigenvalue weighted by atomic mass is 15.3. The summed E-state index contributed by atoms with van der Waals surface area (Å²) in [6.07, 6.45) is 5.60. The Morgan fingerprint density at radius 2 is 1.65 bits per heavy atom. The number of piperazine rings is 1. The third-order valence-corrected chi connectivity index (χ3v) is 4.41. The Kier molecular flexibility index (Phi) is 4.51. The molecule has 0 bridgehead atoms. The summed E-state index contributed by atoms with van der Waals surface area (Å²) in [6, 6.07) is 11.1. The average Bonchev–Trinajstić information content (AvgIpc) is 2.88. The van der Waals surface area contributed by atoms with Crippen molar-refractivity contribution in [3.63, 3.8) is 0 Å². The van der Waals surface area contributed by atoms with Crippen LogP contribution in [-0.2, 0) is 6.54 Å². The summed E-state index contributed by atoms with van der Waals surface area (Å²) in [6.45, 7) is 7.00. The van der Waals surface area contributed by atoms with Crippen LogP contribution in [0.4, 0.5) is 0 Å². The number of hydrogen-bond donors (Lipinski definition) is 1. The normalized spacial score (nSPS) is 28.1. The van der Waals surface area contributed by atoms with Crippen molar-refractivity contribution in [1.29, 1.82) is 0 Å². The first kappa shape index (κ1) is 13.8. The summed E-state index contributed by atoms with van der Waals surface area (Å²) in [7, 11) is 0. The Hall–Kier alpha value is -1.16. The molecule has 1 heterocycles. The van der Waals surface area contributed by atoms with E-state index in [1.807, 2.05) is 0 Å². The Labute approximate surface area is 122 Å². The van der Waals surface area contributed by atoms with Crippen molar-refractivity contribution in [2.45, 2.75) is 19.0 Å². The fraction of sp³-hybridized carbons (Fsp3) is 0.529. The second-order valence-electron chi connectivity index (χ2n) is 6.11. The van der Waals surface area contributed by atoms with Gasteiger partial charge in [0.25, 0.3) is 0 Å². The molecule has 0 saturated carbocycles. The van der Waals surface area contributed by atoms with E-state index < -0.39 is 0 Å². The summed E-state index contributed by atoms with van der Waals surface area (Å²) in [4.78, 5) is 5.15. The van der Waals surface area contributed by atoms with Crippen molar-refractivity contribution in [3.05, 3.63) is 48.0 Å². The molecule has 2 unspecified atom stereocenters. The van der Waals surface area contributed by atoms with E-state index in [0.29, 0.717) is 12.0 Å². The largest absolute Gasteiger partial charge is 0.324 e. The molecule has 1 aromatic rings. The third kappa shape index (κ3) is 3.69. The van der Waals surface area contributed by atoms with Crippen LogP contribution < -0.4 is 5.73 Å². The van der Waals surface area contributed by atoms with Crippen molar-refractivity contribution < 1.29 is 0 Å². The van der Waals surface area contributed by atoms with E-state index in [4.69, 9.17) is 5.73 Å². The van der Waals surface area contributed by atoms with Gasteiger partial charge in [-0.3, -0.25) is 4.90 Å². The van der Waals surface area contributed by atoms with Gasteiger partial charge in [-0.25, -0.2) is 0 Å². The standard InChI is InChI=1S/C17H25N3/c18-17-7-6-16(12-17)14-20-10-8-19(9-11-20)13-15-4-2-1-3-5-15/h1-7,16-17H,8-14,18H2. The van der Waals surface area contributed by atoms with Crippen LogP contribution in [0.1, 0.15) is 12.0 Å². The van der Waals surface area contributed by atoms with E-state index in [2.05, 4.69) is 52.3 Å². The predicted molar refractivity (Wildman–Crippen MR) is 83.4 cm³/mol. The highest BCUT2D eigenvalue weighted by molar-refractivity contribution is 5.14. The summed E-state index contributed by atoms with van der Waals surface area (Å²) < 4.78 is 0. The molecule has 2 aliphatic rings. The number of hydrogen-bond acceptors (Lipinski definition) is 3. The van der Waals surface area contributed by atoms with Gasteiger partial charge in [-0.05, 0) is 17.9 Å². The second-order valence-corrected chi connectivity index (χ2v) is 6.11. The van der Waals surface area contributed by atoms with E-state index in [1.165, 1.54) is 38.3 Å². The van der Waals surface area contributed by atoms with Gasteiger partial charge in [0.2, 0.25) is 0 Å². The average molecular weight is 271 g/mol. The van der Waals surface area contributed by atoms with Crippen LogP contribution in [0, 0.1) is 5.92 Å². The van der Waals surface area contributed by atoms with Crippen molar-refractivity contribution >= 4 is 0 Å². The van der Waals surface area contributed by atoms with Crippen molar-refractivity contribution in [1.82, 2.24) is 9.80 Å². The molecule has 0 aromatic heterocycles. The number of nitrogens with zero attached hydrogens (tertiary/aromatic N) is 2. The zero-order valence-electron chi connectivity index (χ0n) is 12.1. The summed E-state index contributed by atoms with van der Waals surface area (Å²) >= 11 is 0. The molecule has 0 amide bonds. The first-order valence-electron chi connectivity index (χ1n) is 7.72. The van der Waals surface area contributed by atoms with Crippen LogP contribution in [0.5, 0.6) is 0 Å². The van der Waals surface area contributed by atoms with Gasteiger partial charge in [-0.1, -0.05) is 42.5 Å². The molecule has 1 fully saturated rings. The lowest BCUT2D eigenvalue weighted by molar-refractivity contribution is 0.118. The predicted octanol–water partition coefficient (Wildman–Crippen LogP) is 1.71. The van der Waals surface area contributed by atoms with Crippen molar-refractivity contribution in [2.24, 2.45) is 11.7 Å². The molecule has 2 atom stereocenters. The molecule has 3 rings (SSSR count). The van der Waals surface area contributed by atoms with Gasteiger partial charge in [0, 0.05) is 45.3 Å². The molecule has 1 aromatic carbocycles. The smallest absolute Gasteiger partial charge is 0.0234 e. The molecule has 1 saturated heterocycles. The number of benzene rings is 1. The Bertz CT molecular complexity index is 435. The zero-order chi connectivity index (χ0) is 13.8. The Morgan fingerprint density at radius 1 is 0.950 bits per heavy atom. The fourth-order valence-corrected chi connectivity index (χ4v) is 3.25. The molecule has 1 aliphatic heterocycles. The lowest BCUT2D eigenvalue weighted by Gasteiger charge is -2.35. The molecule has 1 aliphatic carbocycles. The van der Waals surface area contributed by atoms with E-state index in [9.17, 15) is 0 Å². The summed E-state index contributed by atoms with van der Waals surface area (Å²) in [5, 5.41) is 0. The molecule has 2 N–H and O–H groups in total. The summed E-state index contributed by atoms with van der Waals surface area (Å²) in [5.41, 5.74) is 7.35. The molecule has 3 heteroatoms. The lowest BCUT2D eigenvalue weighted by Crippen LogP contribution is -2.47. The number of nitrogens with two attached hydrogens (primary N) is 1. The fourth-order valence-electron chi connectivity index (χ4n) is 3.25. The summed E-state index contributed by atoms with van der Waals surface area (Å²) in [5.74, 6) is 0.672. The first-order valence-corrected chi connectivity index (χ1v) is 7.72. The minimum atomic E-state index is 0.291. The van der Waals surface area contributed by atoms with Gasteiger partial charge in [0.15, 0.2) is 0 Å². The monoisotopic (exact) mass is 271 g/mol. The van der Waals surface area contributed by atoms with Crippen LogP contribution in [-0.4, -0.2) is 48.6 Å². The van der Waals surface area contributed by atoms with Crippen molar-refractivity contribution in [3.8, 4) is 0 Å². The van der Waals surface area contributed by atoms with E-state index in [1.54, 1.807) is 0 Å². The molecular formula is C17H25N3. The Morgan fingerprint density at radius 3 is 2.30 bits per heavy atom. The van der Waals surface area contributed by atoms with Crippen LogP contribution in [0.3, 0.4) is 0 Å². The maximum atomic E-state index is 5.92. The lowest BCUT2D eigenvalue weighted by atomic mass is 10.1. The van der Waals surface area contributed by atoms with Crippen LogP contribution >= 0.6 is 0 Å². The molecule has 0 spiro atoms. The highest BCUT2D eigenvalue weighted by Gasteiger charge is 2.22. The van der Waals surface area contributed by atoms with Gasteiger partial charge in [0.05, 0.1) is 0 Å². The zero-order valence-corrected chi connectivity index (χ0v) is 12.1. The molecular weight excluding hydrogens is 246 g/mol. The number of rotatable bonds is 4. The van der Waals surface area contributed by atoms with Crippen LogP contribution in [0.15, 0.2) is 42.5 Å². The van der Waals surface area contributed by atoms with E-state index in [0.717, 1.165) is 13.0 Å². The second kappa shape index (κ2) is 6.53. The molecule has 3 nitrogen and oxygen atoms in total.